The summed E-state index contributed by atoms with van der Waals surface area (Å²) in [5.41, 5.74) is 0.968. The first-order valence-electron chi connectivity index (χ1n) is 8.20. The van der Waals surface area contributed by atoms with E-state index in [2.05, 4.69) is 11.9 Å². The number of likely N-dealkylation sites (N-methyl/N-ethyl adjacent to an activating group) is 1. The van der Waals surface area contributed by atoms with Crippen LogP contribution in [0, 0.1) is 0 Å². The third kappa shape index (κ3) is 3.28. The van der Waals surface area contributed by atoms with Crippen molar-refractivity contribution in [2.75, 3.05) is 7.05 Å². The summed E-state index contributed by atoms with van der Waals surface area (Å²) in [6.07, 6.45) is 1.49. The Hall–Kier alpha value is -2.67. The van der Waals surface area contributed by atoms with Crippen molar-refractivity contribution in [3.05, 3.63) is 48.6 Å². The van der Waals surface area contributed by atoms with E-state index in [1.165, 1.54) is 9.80 Å². The van der Waals surface area contributed by atoms with E-state index < -0.39 is 18.2 Å². The topological polar surface area (TPSA) is 79.0 Å². The molecule has 0 bridgehead atoms. The molecular weight excluding hydrogens is 322 g/mol. The fourth-order valence-corrected chi connectivity index (χ4v) is 3.24. The minimum absolute atomic E-state index is 0.202. The number of rotatable bonds is 5. The highest BCUT2D eigenvalue weighted by Crippen LogP contribution is 2.29. The van der Waals surface area contributed by atoms with Gasteiger partial charge in [-0.3, -0.25) is 19.8 Å². The summed E-state index contributed by atoms with van der Waals surface area (Å²) in [4.78, 5) is 39.2. The summed E-state index contributed by atoms with van der Waals surface area (Å²) in [6, 6.07) is 8.19. The van der Waals surface area contributed by atoms with Crippen molar-refractivity contribution < 1.29 is 19.1 Å². The van der Waals surface area contributed by atoms with Crippen molar-refractivity contribution in [1.82, 2.24) is 15.1 Å². The number of hydrogen-bond donors (Lipinski definition) is 1. The van der Waals surface area contributed by atoms with Gasteiger partial charge in [0.05, 0.1) is 12.6 Å². The first kappa shape index (κ1) is 17.2. The Bertz CT molecular complexity index is 691. The van der Waals surface area contributed by atoms with Crippen LogP contribution < -0.4 is 5.32 Å². The van der Waals surface area contributed by atoms with Crippen LogP contribution in [-0.4, -0.2) is 53.0 Å². The minimum atomic E-state index is -0.724. The van der Waals surface area contributed by atoms with Gasteiger partial charge in [0.15, 0.2) is 6.23 Å². The SMILES string of the molecule is C=CC1C(OCc2ccccc2)N(C2CCC(=O)NC2=O)C(=O)N1C. The number of benzene rings is 1. The van der Waals surface area contributed by atoms with E-state index in [1.54, 1.807) is 13.1 Å². The molecule has 0 spiro atoms. The Morgan fingerprint density at radius 3 is 2.64 bits per heavy atom. The van der Waals surface area contributed by atoms with Crippen molar-refractivity contribution in [2.24, 2.45) is 0 Å². The summed E-state index contributed by atoms with van der Waals surface area (Å²) in [5, 5.41) is 2.30. The summed E-state index contributed by atoms with van der Waals surface area (Å²) >= 11 is 0. The standard InChI is InChI=1S/C18H21N3O4/c1-3-13-17(25-11-12-7-5-4-6-8-12)21(18(24)20(13)2)14-9-10-15(22)19-16(14)23/h3-8,13-14,17H,1,9-11H2,2H3,(H,19,22,23). The lowest BCUT2D eigenvalue weighted by Crippen LogP contribution is -2.56. The first-order chi connectivity index (χ1) is 12.0. The smallest absolute Gasteiger partial charge is 0.323 e. The number of amides is 4. The van der Waals surface area contributed by atoms with Gasteiger partial charge in [0, 0.05) is 13.5 Å². The van der Waals surface area contributed by atoms with Gasteiger partial charge < -0.3 is 9.64 Å². The minimum Gasteiger partial charge on any atom is -0.351 e. The van der Waals surface area contributed by atoms with Crippen LogP contribution in [0.1, 0.15) is 18.4 Å². The zero-order chi connectivity index (χ0) is 18.0. The third-order valence-electron chi connectivity index (χ3n) is 4.59. The molecule has 2 aliphatic heterocycles. The number of ether oxygens (including phenoxy) is 1. The second-order valence-corrected chi connectivity index (χ2v) is 6.18. The Morgan fingerprint density at radius 1 is 1.28 bits per heavy atom. The summed E-state index contributed by atoms with van der Waals surface area (Å²) in [7, 11) is 1.65. The van der Waals surface area contributed by atoms with Gasteiger partial charge in [-0.25, -0.2) is 4.79 Å². The molecular formula is C18H21N3O4. The van der Waals surface area contributed by atoms with Crippen molar-refractivity contribution in [1.29, 1.82) is 0 Å². The number of carbonyl (C=O) groups excluding carboxylic acids is 3. The second-order valence-electron chi connectivity index (χ2n) is 6.18. The van der Waals surface area contributed by atoms with Crippen LogP contribution in [-0.2, 0) is 20.9 Å². The van der Waals surface area contributed by atoms with Crippen LogP contribution >= 0.6 is 0 Å². The number of nitrogens with zero attached hydrogens (tertiary/aromatic N) is 2. The predicted octanol–water partition coefficient (Wildman–Crippen LogP) is 1.26. The average Bonchev–Trinajstić information content (AvgIpc) is 2.85. The lowest BCUT2D eigenvalue weighted by Gasteiger charge is -2.33. The van der Waals surface area contributed by atoms with Crippen molar-refractivity contribution in [2.45, 2.75) is 37.8 Å². The maximum Gasteiger partial charge on any atom is 0.323 e. The summed E-state index contributed by atoms with van der Waals surface area (Å²) < 4.78 is 6.00. The molecule has 2 fully saturated rings. The third-order valence-corrected chi connectivity index (χ3v) is 4.59. The van der Waals surface area contributed by atoms with Gasteiger partial charge in [-0.15, -0.1) is 6.58 Å². The molecule has 1 aromatic rings. The van der Waals surface area contributed by atoms with E-state index in [9.17, 15) is 14.4 Å². The Labute approximate surface area is 146 Å². The van der Waals surface area contributed by atoms with Gasteiger partial charge in [0.25, 0.3) is 0 Å². The van der Waals surface area contributed by atoms with Crippen molar-refractivity contribution >= 4 is 17.8 Å². The van der Waals surface area contributed by atoms with Gasteiger partial charge >= 0.3 is 6.03 Å². The lowest BCUT2D eigenvalue weighted by atomic mass is 10.0. The molecule has 1 aromatic carbocycles. The number of hydrogen-bond acceptors (Lipinski definition) is 4. The normalized spacial score (nSPS) is 26.8. The van der Waals surface area contributed by atoms with E-state index in [0.29, 0.717) is 13.0 Å². The van der Waals surface area contributed by atoms with Gasteiger partial charge in [-0.05, 0) is 12.0 Å². The lowest BCUT2D eigenvalue weighted by molar-refractivity contribution is -0.140. The molecule has 7 heteroatoms. The molecule has 7 nitrogen and oxygen atoms in total. The molecule has 2 saturated heterocycles. The number of nitrogens with one attached hydrogen (secondary N) is 1. The molecule has 0 saturated carbocycles. The van der Waals surface area contributed by atoms with Crippen LogP contribution in [0.3, 0.4) is 0 Å². The predicted molar refractivity (Wildman–Crippen MR) is 90.2 cm³/mol. The van der Waals surface area contributed by atoms with E-state index in [-0.39, 0.29) is 24.4 Å². The number of imide groups is 1. The molecule has 0 aromatic heterocycles. The molecule has 132 valence electrons. The average molecular weight is 343 g/mol. The molecule has 1 N–H and O–H groups in total. The summed E-state index contributed by atoms with van der Waals surface area (Å²) in [5.74, 6) is -0.778. The van der Waals surface area contributed by atoms with E-state index in [0.717, 1.165) is 5.56 Å². The molecule has 3 atom stereocenters. The highest BCUT2D eigenvalue weighted by Gasteiger charge is 2.49. The quantitative estimate of drug-likeness (QED) is 0.645. The largest absolute Gasteiger partial charge is 0.351 e. The zero-order valence-corrected chi connectivity index (χ0v) is 14.1. The van der Waals surface area contributed by atoms with Crippen LogP contribution in [0.5, 0.6) is 0 Å². The highest BCUT2D eigenvalue weighted by atomic mass is 16.5. The van der Waals surface area contributed by atoms with Gasteiger partial charge in [0.1, 0.15) is 6.04 Å². The number of carbonyl (C=O) groups is 3. The number of piperidine rings is 1. The second kappa shape index (κ2) is 7.06. The monoisotopic (exact) mass is 343 g/mol. The van der Waals surface area contributed by atoms with Crippen molar-refractivity contribution in [3.63, 3.8) is 0 Å². The number of urea groups is 1. The Kier molecular flexibility index (Phi) is 4.85. The molecule has 0 aliphatic carbocycles. The van der Waals surface area contributed by atoms with E-state index in [4.69, 9.17) is 4.74 Å². The van der Waals surface area contributed by atoms with Gasteiger partial charge in [0.2, 0.25) is 11.8 Å². The van der Waals surface area contributed by atoms with Crippen LogP contribution in [0.4, 0.5) is 4.79 Å². The summed E-state index contributed by atoms with van der Waals surface area (Å²) in [6.45, 7) is 4.09. The molecule has 2 heterocycles. The van der Waals surface area contributed by atoms with Crippen LogP contribution in [0.25, 0.3) is 0 Å². The van der Waals surface area contributed by atoms with Crippen molar-refractivity contribution in [3.8, 4) is 0 Å². The van der Waals surface area contributed by atoms with Crippen LogP contribution in [0.15, 0.2) is 43.0 Å². The molecule has 0 radical (unpaired) electrons. The molecule has 3 rings (SSSR count). The van der Waals surface area contributed by atoms with Gasteiger partial charge in [-0.2, -0.15) is 0 Å². The Morgan fingerprint density at radius 2 is 2.00 bits per heavy atom. The maximum atomic E-state index is 12.7. The zero-order valence-electron chi connectivity index (χ0n) is 14.1. The van der Waals surface area contributed by atoms with E-state index in [1.807, 2.05) is 30.3 Å². The maximum absolute atomic E-state index is 12.7. The molecule has 2 aliphatic rings. The fourth-order valence-electron chi connectivity index (χ4n) is 3.24. The molecule has 3 unspecified atom stereocenters. The fraction of sp³-hybridized carbons (Fsp3) is 0.389. The Balaban J connectivity index is 1.82. The molecule has 25 heavy (non-hydrogen) atoms. The van der Waals surface area contributed by atoms with E-state index >= 15 is 0 Å². The first-order valence-corrected chi connectivity index (χ1v) is 8.20. The molecule has 4 amide bonds. The van der Waals surface area contributed by atoms with Crippen LogP contribution in [0.2, 0.25) is 0 Å². The van der Waals surface area contributed by atoms with Gasteiger partial charge in [-0.1, -0.05) is 36.4 Å². The highest BCUT2D eigenvalue weighted by molar-refractivity contribution is 6.01.